The van der Waals surface area contributed by atoms with E-state index < -0.39 is 11.8 Å². The predicted octanol–water partition coefficient (Wildman–Crippen LogP) is 2.66. The van der Waals surface area contributed by atoms with Crippen LogP contribution in [0.15, 0.2) is 30.1 Å². The van der Waals surface area contributed by atoms with E-state index in [-0.39, 0.29) is 5.57 Å². The quantitative estimate of drug-likeness (QED) is 0.717. The van der Waals surface area contributed by atoms with Crippen LogP contribution in [0.4, 0.5) is 10.1 Å². The number of fused-ring (bicyclic) bond motifs is 1. The smallest absolute Gasteiger partial charge is 0.365 e. The van der Waals surface area contributed by atoms with E-state index >= 15 is 0 Å². The van der Waals surface area contributed by atoms with Gasteiger partial charge in [-0.2, -0.15) is 4.39 Å². The SMILES string of the molecule is O=C(O)/C(F)=C1/CCCNc2ccccc21. The first-order valence-corrected chi connectivity index (χ1v) is 5.15. The van der Waals surface area contributed by atoms with Crippen molar-refractivity contribution in [3.63, 3.8) is 0 Å². The summed E-state index contributed by atoms with van der Waals surface area (Å²) in [6.07, 6.45) is 1.17. The summed E-state index contributed by atoms with van der Waals surface area (Å²) in [5.74, 6) is -2.54. The number of hydrogen-bond acceptors (Lipinski definition) is 2. The van der Waals surface area contributed by atoms with Crippen molar-refractivity contribution >= 4 is 17.2 Å². The molecule has 1 aliphatic rings. The van der Waals surface area contributed by atoms with Crippen LogP contribution in [0.25, 0.3) is 5.57 Å². The van der Waals surface area contributed by atoms with Crippen molar-refractivity contribution in [2.45, 2.75) is 12.8 Å². The summed E-state index contributed by atoms with van der Waals surface area (Å²) < 4.78 is 13.5. The molecule has 0 saturated carbocycles. The van der Waals surface area contributed by atoms with Gasteiger partial charge in [-0.15, -0.1) is 0 Å². The van der Waals surface area contributed by atoms with E-state index in [0.717, 1.165) is 18.7 Å². The normalized spacial score (nSPS) is 18.1. The molecular formula is C12H12FNO2. The summed E-state index contributed by atoms with van der Waals surface area (Å²) in [4.78, 5) is 10.7. The van der Waals surface area contributed by atoms with E-state index in [2.05, 4.69) is 5.32 Å². The monoisotopic (exact) mass is 221 g/mol. The van der Waals surface area contributed by atoms with Crippen LogP contribution in [0.5, 0.6) is 0 Å². The molecule has 0 aliphatic carbocycles. The zero-order chi connectivity index (χ0) is 11.5. The minimum atomic E-state index is -1.49. The van der Waals surface area contributed by atoms with E-state index in [4.69, 9.17) is 5.11 Å². The van der Waals surface area contributed by atoms with Crippen molar-refractivity contribution in [3.8, 4) is 0 Å². The topological polar surface area (TPSA) is 49.3 Å². The minimum absolute atomic E-state index is 0.285. The lowest BCUT2D eigenvalue weighted by Gasteiger charge is -2.08. The molecular weight excluding hydrogens is 209 g/mol. The third kappa shape index (κ3) is 1.91. The molecule has 16 heavy (non-hydrogen) atoms. The largest absolute Gasteiger partial charge is 0.476 e. The summed E-state index contributed by atoms with van der Waals surface area (Å²) in [5, 5.41) is 11.9. The summed E-state index contributed by atoms with van der Waals surface area (Å²) >= 11 is 0. The maximum Gasteiger partial charge on any atom is 0.365 e. The molecule has 0 spiro atoms. The highest BCUT2D eigenvalue weighted by atomic mass is 19.1. The molecule has 0 radical (unpaired) electrons. The molecule has 1 aromatic carbocycles. The van der Waals surface area contributed by atoms with Gasteiger partial charge < -0.3 is 10.4 Å². The molecule has 2 N–H and O–H groups in total. The van der Waals surface area contributed by atoms with Crippen LogP contribution in [0.2, 0.25) is 0 Å². The molecule has 4 heteroatoms. The molecule has 3 nitrogen and oxygen atoms in total. The summed E-state index contributed by atoms with van der Waals surface area (Å²) in [5.41, 5.74) is 1.74. The Labute approximate surface area is 92.6 Å². The van der Waals surface area contributed by atoms with Crippen LogP contribution in [0.1, 0.15) is 18.4 Å². The van der Waals surface area contributed by atoms with Gasteiger partial charge in [0.25, 0.3) is 0 Å². The molecule has 1 heterocycles. The first-order chi connectivity index (χ1) is 7.70. The van der Waals surface area contributed by atoms with Crippen molar-refractivity contribution in [3.05, 3.63) is 35.7 Å². The molecule has 2 rings (SSSR count). The van der Waals surface area contributed by atoms with Crippen LogP contribution in [-0.2, 0) is 4.79 Å². The van der Waals surface area contributed by atoms with Crippen LogP contribution < -0.4 is 5.32 Å². The van der Waals surface area contributed by atoms with Gasteiger partial charge in [-0.05, 0) is 18.9 Å². The fourth-order valence-corrected chi connectivity index (χ4v) is 1.88. The fraction of sp³-hybridized carbons (Fsp3) is 0.250. The zero-order valence-corrected chi connectivity index (χ0v) is 8.66. The summed E-state index contributed by atoms with van der Waals surface area (Å²) in [6.45, 7) is 0.730. The Morgan fingerprint density at radius 2 is 2.12 bits per heavy atom. The Balaban J connectivity index is 2.56. The van der Waals surface area contributed by atoms with Gasteiger partial charge in [-0.25, -0.2) is 4.79 Å². The first kappa shape index (κ1) is 10.7. The number of carbonyl (C=O) groups is 1. The van der Waals surface area contributed by atoms with Crippen LogP contribution in [-0.4, -0.2) is 17.6 Å². The molecule has 1 aromatic rings. The highest BCUT2D eigenvalue weighted by Gasteiger charge is 2.19. The molecule has 0 fully saturated rings. The highest BCUT2D eigenvalue weighted by molar-refractivity contribution is 5.96. The van der Waals surface area contributed by atoms with Gasteiger partial charge in [0.2, 0.25) is 5.83 Å². The van der Waals surface area contributed by atoms with Gasteiger partial charge in [0, 0.05) is 23.4 Å². The number of rotatable bonds is 1. The second-order valence-corrected chi connectivity index (χ2v) is 3.67. The highest BCUT2D eigenvalue weighted by Crippen LogP contribution is 2.32. The third-order valence-electron chi connectivity index (χ3n) is 2.62. The number of aliphatic carboxylic acids is 1. The van der Waals surface area contributed by atoms with Crippen LogP contribution in [0, 0.1) is 0 Å². The second-order valence-electron chi connectivity index (χ2n) is 3.67. The Bertz CT molecular complexity index is 454. The van der Waals surface area contributed by atoms with Crippen molar-refractivity contribution < 1.29 is 14.3 Å². The first-order valence-electron chi connectivity index (χ1n) is 5.15. The molecule has 0 bridgehead atoms. The average molecular weight is 221 g/mol. The van der Waals surface area contributed by atoms with E-state index in [1.807, 2.05) is 12.1 Å². The van der Waals surface area contributed by atoms with Crippen LogP contribution >= 0.6 is 0 Å². The molecule has 84 valence electrons. The molecule has 0 saturated heterocycles. The number of carboxylic acid groups (broad SMARTS) is 1. The van der Waals surface area contributed by atoms with Gasteiger partial charge >= 0.3 is 5.97 Å². The lowest BCUT2D eigenvalue weighted by molar-refractivity contribution is -0.134. The molecule has 1 aliphatic heterocycles. The molecule has 0 unspecified atom stereocenters. The van der Waals surface area contributed by atoms with E-state index in [1.165, 1.54) is 0 Å². The standard InChI is InChI=1S/C12H12FNO2/c13-11(12(15)16)9-5-3-7-14-10-6-2-1-4-8(9)10/h1-2,4,6,14H,3,5,7H2,(H,15,16)/b11-9+. The van der Waals surface area contributed by atoms with E-state index in [1.54, 1.807) is 12.1 Å². The van der Waals surface area contributed by atoms with Gasteiger partial charge in [-0.3, -0.25) is 0 Å². The number of halogens is 1. The van der Waals surface area contributed by atoms with Crippen LogP contribution in [0.3, 0.4) is 0 Å². The summed E-state index contributed by atoms with van der Waals surface area (Å²) in [7, 11) is 0. The van der Waals surface area contributed by atoms with Gasteiger partial charge in [-0.1, -0.05) is 18.2 Å². The molecule has 0 amide bonds. The number of carboxylic acids is 1. The average Bonchev–Trinajstić information content (AvgIpc) is 2.50. The van der Waals surface area contributed by atoms with Crippen molar-refractivity contribution in [2.24, 2.45) is 0 Å². The molecule has 0 aromatic heterocycles. The zero-order valence-electron chi connectivity index (χ0n) is 8.66. The predicted molar refractivity (Wildman–Crippen MR) is 59.8 cm³/mol. The van der Waals surface area contributed by atoms with Gasteiger partial charge in [0.05, 0.1) is 0 Å². The van der Waals surface area contributed by atoms with Gasteiger partial charge in [0.1, 0.15) is 0 Å². The number of nitrogens with one attached hydrogen (secondary N) is 1. The maximum atomic E-state index is 13.5. The Kier molecular flexibility index (Phi) is 2.90. The minimum Gasteiger partial charge on any atom is -0.476 e. The Morgan fingerprint density at radius 1 is 1.38 bits per heavy atom. The number of benzene rings is 1. The Morgan fingerprint density at radius 3 is 2.88 bits per heavy atom. The second kappa shape index (κ2) is 4.35. The van der Waals surface area contributed by atoms with Crippen molar-refractivity contribution in [1.29, 1.82) is 0 Å². The summed E-state index contributed by atoms with van der Waals surface area (Å²) in [6, 6.07) is 7.19. The number of para-hydroxylation sites is 1. The Hall–Kier alpha value is -1.84. The maximum absolute atomic E-state index is 13.5. The lowest BCUT2D eigenvalue weighted by atomic mass is 10.00. The van der Waals surface area contributed by atoms with Gasteiger partial charge in [0.15, 0.2) is 0 Å². The third-order valence-corrected chi connectivity index (χ3v) is 2.62. The van der Waals surface area contributed by atoms with E-state index in [9.17, 15) is 9.18 Å². The fourth-order valence-electron chi connectivity index (χ4n) is 1.88. The number of hydrogen-bond donors (Lipinski definition) is 2. The number of anilines is 1. The number of allylic oxidation sites excluding steroid dienone is 1. The van der Waals surface area contributed by atoms with Crippen molar-refractivity contribution in [2.75, 3.05) is 11.9 Å². The lowest BCUT2D eigenvalue weighted by Crippen LogP contribution is -2.00. The van der Waals surface area contributed by atoms with Crippen molar-refractivity contribution in [1.82, 2.24) is 0 Å². The van der Waals surface area contributed by atoms with E-state index in [0.29, 0.717) is 12.0 Å². The molecule has 0 atom stereocenters.